The fraction of sp³-hybridized carbons (Fsp3) is 0.200. The largest absolute Gasteiger partial charge is 0.329 e. The second-order valence-electron chi connectivity index (χ2n) is 8.61. The first kappa shape index (κ1) is 21.3. The molecular weight excluding hydrogens is 464 g/mol. The molecule has 9 nitrogen and oxygen atoms in total. The van der Waals surface area contributed by atoms with Crippen molar-refractivity contribution in [2.24, 2.45) is 7.05 Å². The van der Waals surface area contributed by atoms with Gasteiger partial charge in [0.15, 0.2) is 5.82 Å². The summed E-state index contributed by atoms with van der Waals surface area (Å²) in [6.07, 6.45) is 4.60. The minimum absolute atomic E-state index is 0.0167. The van der Waals surface area contributed by atoms with Crippen molar-refractivity contribution < 1.29 is 0 Å². The zero-order valence-electron chi connectivity index (χ0n) is 18.7. The van der Waals surface area contributed by atoms with Crippen molar-refractivity contribution in [2.75, 3.05) is 0 Å². The summed E-state index contributed by atoms with van der Waals surface area (Å²) in [6, 6.07) is 16.9. The van der Waals surface area contributed by atoms with Gasteiger partial charge in [-0.1, -0.05) is 23.7 Å². The van der Waals surface area contributed by atoms with Crippen LogP contribution in [-0.2, 0) is 7.05 Å². The Morgan fingerprint density at radius 2 is 1.91 bits per heavy atom. The molecule has 0 atom stereocenters. The number of hydrogen-bond donors (Lipinski definition) is 0. The smallest absolute Gasteiger partial charge is 0.295 e. The average molecular weight is 483 g/mol. The lowest BCUT2D eigenvalue weighted by atomic mass is 9.79. The number of hydrogen-bond acceptors (Lipinski definition) is 6. The van der Waals surface area contributed by atoms with Gasteiger partial charge in [0.05, 0.1) is 33.4 Å². The molecule has 172 valence electrons. The third-order valence-corrected chi connectivity index (χ3v) is 6.97. The van der Waals surface area contributed by atoms with Gasteiger partial charge >= 0.3 is 5.69 Å². The zero-order chi connectivity index (χ0) is 24.1. The molecule has 5 aromatic rings. The summed E-state index contributed by atoms with van der Waals surface area (Å²) in [5.41, 5.74) is 3.44. The van der Waals surface area contributed by atoms with E-state index in [4.69, 9.17) is 11.6 Å². The highest BCUT2D eigenvalue weighted by Crippen LogP contribution is 2.46. The first-order valence-corrected chi connectivity index (χ1v) is 11.5. The number of halogens is 1. The molecule has 3 aromatic heterocycles. The number of para-hydroxylation sites is 1. The van der Waals surface area contributed by atoms with Gasteiger partial charge in [0.25, 0.3) is 0 Å². The van der Waals surface area contributed by atoms with Crippen LogP contribution in [0.3, 0.4) is 0 Å². The van der Waals surface area contributed by atoms with Crippen LogP contribution in [0.2, 0.25) is 5.02 Å². The molecule has 1 aliphatic rings. The van der Waals surface area contributed by atoms with Crippen molar-refractivity contribution in [3.05, 3.63) is 87.9 Å². The van der Waals surface area contributed by atoms with E-state index in [1.807, 2.05) is 39.5 Å². The Morgan fingerprint density at radius 1 is 1.09 bits per heavy atom. The van der Waals surface area contributed by atoms with Crippen molar-refractivity contribution in [2.45, 2.75) is 24.8 Å². The predicted molar refractivity (Wildman–Crippen MR) is 130 cm³/mol. The Kier molecular flexibility index (Phi) is 4.97. The molecule has 1 aliphatic carbocycles. The van der Waals surface area contributed by atoms with Crippen LogP contribution < -0.4 is 5.69 Å². The van der Waals surface area contributed by atoms with E-state index in [-0.39, 0.29) is 17.6 Å². The molecule has 2 aromatic carbocycles. The summed E-state index contributed by atoms with van der Waals surface area (Å²) in [6.45, 7) is 0. The van der Waals surface area contributed by atoms with Crippen molar-refractivity contribution in [1.82, 2.24) is 33.9 Å². The highest BCUT2D eigenvalue weighted by Gasteiger charge is 2.38. The molecule has 1 saturated carbocycles. The van der Waals surface area contributed by atoms with Crippen molar-refractivity contribution in [3.8, 4) is 23.3 Å². The number of aryl methyl sites for hydroxylation is 1. The summed E-state index contributed by atoms with van der Waals surface area (Å²) >= 11 is 6.57. The number of nitrogens with zero attached hydrogens (tertiary/aromatic N) is 8. The van der Waals surface area contributed by atoms with E-state index in [2.05, 4.69) is 26.2 Å². The van der Waals surface area contributed by atoms with Gasteiger partial charge in [0.1, 0.15) is 17.8 Å². The molecule has 0 saturated heterocycles. The van der Waals surface area contributed by atoms with E-state index in [0.29, 0.717) is 22.1 Å². The van der Waals surface area contributed by atoms with Gasteiger partial charge in [0, 0.05) is 25.2 Å². The van der Waals surface area contributed by atoms with Gasteiger partial charge in [-0.25, -0.2) is 14.8 Å². The monoisotopic (exact) mass is 482 g/mol. The van der Waals surface area contributed by atoms with Gasteiger partial charge in [-0.05, 0) is 49.2 Å². The van der Waals surface area contributed by atoms with Crippen LogP contribution in [0.4, 0.5) is 0 Å². The lowest BCUT2D eigenvalue weighted by Gasteiger charge is -2.35. The second-order valence-corrected chi connectivity index (χ2v) is 9.02. The normalized spacial score (nSPS) is 17.3. The quantitative estimate of drug-likeness (QED) is 0.383. The van der Waals surface area contributed by atoms with Crippen LogP contribution in [0.15, 0.2) is 65.8 Å². The summed E-state index contributed by atoms with van der Waals surface area (Å²) in [5, 5.41) is 18.8. The molecule has 0 radical (unpaired) electrons. The fourth-order valence-electron chi connectivity index (χ4n) is 4.82. The Balaban J connectivity index is 1.40. The number of rotatable bonds is 4. The summed E-state index contributed by atoms with van der Waals surface area (Å²) in [4.78, 5) is 21.4. The van der Waals surface area contributed by atoms with Gasteiger partial charge in [-0.2, -0.15) is 5.26 Å². The zero-order valence-corrected chi connectivity index (χ0v) is 19.5. The maximum absolute atomic E-state index is 13.1. The van der Waals surface area contributed by atoms with Gasteiger partial charge in [0.2, 0.25) is 0 Å². The van der Waals surface area contributed by atoms with Crippen LogP contribution in [-0.4, -0.2) is 33.9 Å². The summed E-state index contributed by atoms with van der Waals surface area (Å²) < 4.78 is 5.38. The van der Waals surface area contributed by atoms with E-state index >= 15 is 0 Å². The first-order valence-electron chi connectivity index (χ1n) is 11.1. The standard InChI is InChI=1S/C25H19ClN8O/c1-32-22-10-15(13-27)6-7-21(22)33(25(32)35)17-11-16(12-17)23-30-31-24(19-8-9-28-14-29-19)34(23)20-5-3-2-4-18(20)26/h2-10,14,16-17H,11-12H2,1H3/t16-,17-. The van der Waals surface area contributed by atoms with E-state index in [9.17, 15) is 10.1 Å². The van der Waals surface area contributed by atoms with E-state index in [1.54, 1.807) is 36.0 Å². The van der Waals surface area contributed by atoms with Crippen LogP contribution in [0.25, 0.3) is 28.2 Å². The summed E-state index contributed by atoms with van der Waals surface area (Å²) in [7, 11) is 1.74. The van der Waals surface area contributed by atoms with Crippen LogP contribution in [0.1, 0.15) is 36.2 Å². The maximum Gasteiger partial charge on any atom is 0.329 e. The Hall–Kier alpha value is -4.29. The Morgan fingerprint density at radius 3 is 2.66 bits per heavy atom. The first-order chi connectivity index (χ1) is 17.1. The Bertz CT molecular complexity index is 1670. The van der Waals surface area contributed by atoms with Crippen molar-refractivity contribution in [1.29, 1.82) is 5.26 Å². The predicted octanol–water partition coefficient (Wildman–Crippen LogP) is 4.02. The minimum Gasteiger partial charge on any atom is -0.295 e. The third-order valence-electron chi connectivity index (χ3n) is 6.65. The highest BCUT2D eigenvalue weighted by molar-refractivity contribution is 6.32. The molecule has 3 heterocycles. The lowest BCUT2D eigenvalue weighted by Crippen LogP contribution is -2.34. The maximum atomic E-state index is 13.1. The van der Waals surface area contributed by atoms with E-state index in [0.717, 1.165) is 35.4 Å². The number of nitriles is 1. The molecule has 0 unspecified atom stereocenters. The van der Waals surface area contributed by atoms with Gasteiger partial charge < -0.3 is 0 Å². The molecule has 0 N–H and O–H groups in total. The molecule has 0 spiro atoms. The number of imidazole rings is 1. The average Bonchev–Trinajstić information content (AvgIpc) is 3.39. The molecule has 0 amide bonds. The van der Waals surface area contributed by atoms with Crippen molar-refractivity contribution >= 4 is 22.6 Å². The van der Waals surface area contributed by atoms with E-state index < -0.39 is 0 Å². The van der Waals surface area contributed by atoms with E-state index in [1.165, 1.54) is 6.33 Å². The van der Waals surface area contributed by atoms with Crippen LogP contribution >= 0.6 is 11.6 Å². The second kappa shape index (κ2) is 8.18. The van der Waals surface area contributed by atoms with Gasteiger partial charge in [-0.3, -0.25) is 13.7 Å². The summed E-state index contributed by atoms with van der Waals surface area (Å²) in [5.74, 6) is 1.45. The molecule has 6 rings (SSSR count). The van der Waals surface area contributed by atoms with Crippen molar-refractivity contribution in [3.63, 3.8) is 0 Å². The minimum atomic E-state index is -0.0900. The number of benzene rings is 2. The molecular formula is C25H19ClN8O. The van der Waals surface area contributed by atoms with Crippen LogP contribution in [0.5, 0.6) is 0 Å². The molecule has 10 heteroatoms. The Labute approximate surface area is 204 Å². The molecule has 0 aliphatic heterocycles. The number of aromatic nitrogens is 7. The topological polar surface area (TPSA) is 107 Å². The molecule has 35 heavy (non-hydrogen) atoms. The highest BCUT2D eigenvalue weighted by atomic mass is 35.5. The SMILES string of the molecule is Cn1c(=O)n([C@H]2C[C@H](c3nnc(-c4ccncn4)n3-c3ccccc3Cl)C2)c2ccc(C#N)cc21. The van der Waals surface area contributed by atoms with Crippen LogP contribution in [0, 0.1) is 11.3 Å². The van der Waals surface area contributed by atoms with Gasteiger partial charge in [-0.15, -0.1) is 10.2 Å². The fourth-order valence-corrected chi connectivity index (χ4v) is 5.04. The molecule has 0 bridgehead atoms. The lowest BCUT2D eigenvalue weighted by molar-refractivity contribution is 0.253. The third kappa shape index (κ3) is 3.33. The number of fused-ring (bicyclic) bond motifs is 1. The molecule has 1 fully saturated rings.